The number of nitrogens with two attached hydrogens (primary N) is 1. The first-order valence-corrected chi connectivity index (χ1v) is 2.86. The summed E-state index contributed by atoms with van der Waals surface area (Å²) in [6, 6.07) is -0.481. The zero-order chi connectivity index (χ0) is 7.98. The van der Waals surface area contributed by atoms with Crippen LogP contribution < -0.4 is 16.4 Å². The molecular formula is C5H11N3O2. The van der Waals surface area contributed by atoms with E-state index in [1.165, 1.54) is 0 Å². The third-order valence-electron chi connectivity index (χ3n) is 1.10. The Morgan fingerprint density at radius 1 is 1.80 bits per heavy atom. The van der Waals surface area contributed by atoms with Gasteiger partial charge < -0.3 is 16.4 Å². The second-order valence-electron chi connectivity index (χ2n) is 1.77. The lowest BCUT2D eigenvalue weighted by atomic mass is 10.3. The highest BCUT2D eigenvalue weighted by Crippen LogP contribution is 1.74. The summed E-state index contributed by atoms with van der Waals surface area (Å²) in [5.41, 5.74) is 4.93. The molecule has 0 fully saturated rings. The van der Waals surface area contributed by atoms with E-state index in [0.29, 0.717) is 6.41 Å². The quantitative estimate of drug-likeness (QED) is 0.384. The molecule has 0 saturated carbocycles. The predicted octanol–water partition coefficient (Wildman–Crippen LogP) is -2.19. The van der Waals surface area contributed by atoms with Gasteiger partial charge in [0.05, 0.1) is 0 Å². The lowest BCUT2D eigenvalue weighted by Crippen LogP contribution is -2.45. The lowest BCUT2D eigenvalue weighted by Gasteiger charge is -2.09. The van der Waals surface area contributed by atoms with Gasteiger partial charge in [0.1, 0.15) is 6.04 Å². The fraction of sp³-hybridized carbons (Fsp3) is 0.600. The highest BCUT2D eigenvalue weighted by atomic mass is 16.1. The van der Waals surface area contributed by atoms with E-state index in [0.717, 1.165) is 0 Å². The maximum Gasteiger partial charge on any atom is 0.236 e. The predicted molar refractivity (Wildman–Crippen MR) is 36.1 cm³/mol. The molecule has 4 N–H and O–H groups in total. The standard InChI is InChI=1S/C5H11N3O2/c1-7-4(5(6)10)2-8-3-9/h3-4,7H,2H2,1H3,(H2,6,10)(H,8,9). The Labute approximate surface area is 59.0 Å². The van der Waals surface area contributed by atoms with E-state index in [2.05, 4.69) is 10.6 Å². The Morgan fingerprint density at radius 2 is 2.40 bits per heavy atom. The highest BCUT2D eigenvalue weighted by Gasteiger charge is 2.10. The van der Waals surface area contributed by atoms with Crippen LogP contribution in [-0.2, 0) is 9.59 Å². The van der Waals surface area contributed by atoms with Gasteiger partial charge in [-0.15, -0.1) is 0 Å². The second kappa shape index (κ2) is 4.75. The van der Waals surface area contributed by atoms with Crippen LogP contribution in [-0.4, -0.2) is 32.0 Å². The van der Waals surface area contributed by atoms with E-state index < -0.39 is 11.9 Å². The fourth-order valence-corrected chi connectivity index (χ4v) is 0.511. The molecule has 0 aliphatic heterocycles. The van der Waals surface area contributed by atoms with Crippen molar-refractivity contribution in [2.75, 3.05) is 13.6 Å². The number of rotatable bonds is 5. The molecule has 0 aromatic heterocycles. The largest absolute Gasteiger partial charge is 0.368 e. The summed E-state index contributed by atoms with van der Waals surface area (Å²) in [6.07, 6.45) is 0.521. The first-order valence-electron chi connectivity index (χ1n) is 2.86. The Bertz CT molecular complexity index is 126. The van der Waals surface area contributed by atoms with E-state index in [1.54, 1.807) is 7.05 Å². The van der Waals surface area contributed by atoms with Gasteiger partial charge in [-0.2, -0.15) is 0 Å². The monoisotopic (exact) mass is 145 g/mol. The van der Waals surface area contributed by atoms with Crippen molar-refractivity contribution in [2.24, 2.45) is 5.73 Å². The minimum absolute atomic E-state index is 0.231. The molecule has 10 heavy (non-hydrogen) atoms. The first-order chi connectivity index (χ1) is 4.72. The molecule has 0 bridgehead atoms. The maximum atomic E-state index is 10.4. The van der Waals surface area contributed by atoms with Gasteiger partial charge in [0, 0.05) is 6.54 Å². The number of likely N-dealkylation sites (N-methyl/N-ethyl adjacent to an activating group) is 1. The fourth-order valence-electron chi connectivity index (χ4n) is 0.511. The highest BCUT2D eigenvalue weighted by molar-refractivity contribution is 5.80. The molecule has 0 aromatic carbocycles. The maximum absolute atomic E-state index is 10.4. The van der Waals surface area contributed by atoms with Gasteiger partial charge in [-0.1, -0.05) is 0 Å². The summed E-state index contributed by atoms with van der Waals surface area (Å²) in [4.78, 5) is 20.2. The number of hydrogen-bond acceptors (Lipinski definition) is 3. The van der Waals surface area contributed by atoms with Gasteiger partial charge in [-0.25, -0.2) is 0 Å². The smallest absolute Gasteiger partial charge is 0.236 e. The topological polar surface area (TPSA) is 84.2 Å². The molecular weight excluding hydrogens is 134 g/mol. The molecule has 2 amide bonds. The van der Waals surface area contributed by atoms with Crippen LogP contribution in [0.5, 0.6) is 0 Å². The van der Waals surface area contributed by atoms with Crippen molar-refractivity contribution in [1.82, 2.24) is 10.6 Å². The van der Waals surface area contributed by atoms with E-state index in [9.17, 15) is 9.59 Å². The molecule has 58 valence electrons. The molecule has 0 aliphatic rings. The van der Waals surface area contributed by atoms with Crippen molar-refractivity contribution in [2.45, 2.75) is 6.04 Å². The van der Waals surface area contributed by atoms with Crippen LogP contribution in [0.2, 0.25) is 0 Å². The number of nitrogens with one attached hydrogen (secondary N) is 2. The minimum Gasteiger partial charge on any atom is -0.368 e. The first kappa shape index (κ1) is 8.90. The molecule has 0 aliphatic carbocycles. The molecule has 5 nitrogen and oxygen atoms in total. The summed E-state index contributed by atoms with van der Waals surface area (Å²) in [5.74, 6) is -0.475. The van der Waals surface area contributed by atoms with Crippen LogP contribution in [0.4, 0.5) is 0 Å². The van der Waals surface area contributed by atoms with E-state index >= 15 is 0 Å². The van der Waals surface area contributed by atoms with Gasteiger partial charge in [-0.05, 0) is 7.05 Å². The Hall–Kier alpha value is -1.10. The molecule has 1 unspecified atom stereocenters. The van der Waals surface area contributed by atoms with Crippen molar-refractivity contribution in [1.29, 1.82) is 0 Å². The lowest BCUT2D eigenvalue weighted by molar-refractivity contribution is -0.119. The second-order valence-corrected chi connectivity index (χ2v) is 1.77. The molecule has 1 atom stereocenters. The summed E-state index contributed by atoms with van der Waals surface area (Å²) in [5, 5.41) is 4.98. The minimum atomic E-state index is -0.481. The molecule has 0 rings (SSSR count). The Balaban J connectivity index is 3.60. The molecule has 0 saturated heterocycles. The zero-order valence-corrected chi connectivity index (χ0v) is 5.76. The van der Waals surface area contributed by atoms with Crippen molar-refractivity contribution in [3.8, 4) is 0 Å². The van der Waals surface area contributed by atoms with Crippen molar-refractivity contribution < 1.29 is 9.59 Å². The molecule has 5 heteroatoms. The van der Waals surface area contributed by atoms with Gasteiger partial charge in [0.2, 0.25) is 12.3 Å². The molecule has 0 radical (unpaired) electrons. The molecule has 0 heterocycles. The average molecular weight is 145 g/mol. The van der Waals surface area contributed by atoms with Crippen LogP contribution in [0.1, 0.15) is 0 Å². The summed E-state index contributed by atoms with van der Waals surface area (Å²) in [7, 11) is 1.60. The van der Waals surface area contributed by atoms with Crippen LogP contribution in [0.25, 0.3) is 0 Å². The van der Waals surface area contributed by atoms with Crippen molar-refractivity contribution in [3.63, 3.8) is 0 Å². The van der Waals surface area contributed by atoms with Gasteiger partial charge >= 0.3 is 0 Å². The van der Waals surface area contributed by atoms with Crippen LogP contribution in [0.15, 0.2) is 0 Å². The van der Waals surface area contributed by atoms with Gasteiger partial charge in [0.15, 0.2) is 0 Å². The van der Waals surface area contributed by atoms with E-state index in [1.807, 2.05) is 0 Å². The summed E-state index contributed by atoms with van der Waals surface area (Å²) in [6.45, 7) is 0.231. The third kappa shape index (κ3) is 3.03. The average Bonchev–Trinajstić information content (AvgIpc) is 1.89. The van der Waals surface area contributed by atoms with Gasteiger partial charge in [-0.3, -0.25) is 9.59 Å². The van der Waals surface area contributed by atoms with Crippen molar-refractivity contribution >= 4 is 12.3 Å². The van der Waals surface area contributed by atoms with E-state index in [-0.39, 0.29) is 6.54 Å². The Morgan fingerprint density at radius 3 is 2.70 bits per heavy atom. The van der Waals surface area contributed by atoms with Gasteiger partial charge in [0.25, 0.3) is 0 Å². The summed E-state index contributed by atoms with van der Waals surface area (Å²) >= 11 is 0. The van der Waals surface area contributed by atoms with Crippen molar-refractivity contribution in [3.05, 3.63) is 0 Å². The molecule has 0 aromatic rings. The zero-order valence-electron chi connectivity index (χ0n) is 5.76. The number of carbonyl (C=O) groups is 2. The normalized spacial score (nSPS) is 12.1. The Kier molecular flexibility index (Phi) is 4.23. The van der Waals surface area contributed by atoms with Crippen LogP contribution in [0, 0.1) is 0 Å². The van der Waals surface area contributed by atoms with Crippen LogP contribution in [0.3, 0.4) is 0 Å². The third-order valence-corrected chi connectivity index (χ3v) is 1.10. The molecule has 0 spiro atoms. The SMILES string of the molecule is CNC(CNC=O)C(N)=O. The van der Waals surface area contributed by atoms with E-state index in [4.69, 9.17) is 5.73 Å². The summed E-state index contributed by atoms with van der Waals surface area (Å²) < 4.78 is 0. The number of amides is 2. The number of primary amides is 1. The number of carbonyl (C=O) groups excluding carboxylic acids is 2. The number of hydrogen-bond donors (Lipinski definition) is 3. The van der Waals surface area contributed by atoms with Crippen LogP contribution >= 0.6 is 0 Å².